The molecule has 0 radical (unpaired) electrons. The summed E-state index contributed by atoms with van der Waals surface area (Å²) in [5.74, 6) is -1.59. The highest BCUT2D eigenvalue weighted by molar-refractivity contribution is 5.74. The number of carboxylic acid groups (broad SMARTS) is 1. The second-order valence-corrected chi connectivity index (χ2v) is 5.37. The second-order valence-electron chi connectivity index (χ2n) is 5.37. The fourth-order valence-electron chi connectivity index (χ4n) is 2.39. The number of hydrogen-bond donors (Lipinski definition) is 2. The lowest BCUT2D eigenvalue weighted by Crippen LogP contribution is -2.35. The first-order chi connectivity index (χ1) is 9.06. The molecule has 0 aromatic heterocycles. The zero-order valence-electron chi connectivity index (χ0n) is 10.7. The number of hydrogen-bond acceptors (Lipinski definition) is 5. The third-order valence-electron chi connectivity index (χ3n) is 4.00. The molecular formula is C13H18N2O4. The van der Waals surface area contributed by atoms with Crippen LogP contribution in [0, 0.1) is 23.2 Å². The summed E-state index contributed by atoms with van der Waals surface area (Å²) in [6.45, 7) is 0.0608. The number of nitrogens with zero attached hydrogens (tertiary/aromatic N) is 1. The highest BCUT2D eigenvalue weighted by Crippen LogP contribution is 2.34. The molecule has 2 fully saturated rings. The average Bonchev–Trinajstić information content (AvgIpc) is 3.19. The normalized spacial score (nSPS) is 28.2. The highest BCUT2D eigenvalue weighted by atomic mass is 16.5. The molecule has 0 aromatic carbocycles. The third-order valence-corrected chi connectivity index (χ3v) is 4.00. The minimum atomic E-state index is -0.779. The third kappa shape index (κ3) is 3.44. The maximum atomic E-state index is 11.8. The van der Waals surface area contributed by atoms with Crippen LogP contribution in [0.5, 0.6) is 0 Å². The summed E-state index contributed by atoms with van der Waals surface area (Å²) in [7, 11) is 0. The summed E-state index contributed by atoms with van der Waals surface area (Å²) in [6, 6.07) is 2.16. The van der Waals surface area contributed by atoms with Crippen LogP contribution >= 0.6 is 0 Å². The van der Waals surface area contributed by atoms with Gasteiger partial charge in [0.15, 0.2) is 0 Å². The van der Waals surface area contributed by atoms with Crippen LogP contribution in [0.1, 0.15) is 38.5 Å². The largest absolute Gasteiger partial charge is 0.481 e. The standard InChI is InChI=1S/C13H18N2O4/c14-7-13(5-6-13)15-8-19-12(18)10-3-1-9(2-4-10)11(16)17/h9-10,15H,1-6,8H2,(H,16,17). The van der Waals surface area contributed by atoms with Gasteiger partial charge in [0.25, 0.3) is 0 Å². The van der Waals surface area contributed by atoms with Gasteiger partial charge < -0.3 is 9.84 Å². The fraction of sp³-hybridized carbons (Fsp3) is 0.769. The number of rotatable bonds is 5. The van der Waals surface area contributed by atoms with E-state index in [0.29, 0.717) is 25.7 Å². The molecule has 0 amide bonds. The first kappa shape index (κ1) is 13.8. The van der Waals surface area contributed by atoms with E-state index in [1.165, 1.54) is 0 Å². The van der Waals surface area contributed by atoms with Crippen molar-refractivity contribution in [1.29, 1.82) is 5.26 Å². The Bertz CT molecular complexity index is 403. The van der Waals surface area contributed by atoms with Gasteiger partial charge in [-0.15, -0.1) is 0 Å². The summed E-state index contributed by atoms with van der Waals surface area (Å²) in [4.78, 5) is 22.6. The van der Waals surface area contributed by atoms with Crippen molar-refractivity contribution in [2.45, 2.75) is 44.1 Å². The smallest absolute Gasteiger partial charge is 0.310 e. The van der Waals surface area contributed by atoms with Crippen LogP contribution in [0.25, 0.3) is 0 Å². The molecule has 0 heterocycles. The van der Waals surface area contributed by atoms with E-state index in [4.69, 9.17) is 15.1 Å². The van der Waals surface area contributed by atoms with E-state index in [1.807, 2.05) is 0 Å². The topological polar surface area (TPSA) is 99.4 Å². The molecular weight excluding hydrogens is 248 g/mol. The molecule has 0 atom stereocenters. The van der Waals surface area contributed by atoms with Crippen molar-refractivity contribution in [3.63, 3.8) is 0 Å². The zero-order valence-corrected chi connectivity index (χ0v) is 10.7. The molecule has 2 aliphatic rings. The van der Waals surface area contributed by atoms with Gasteiger partial charge in [0.05, 0.1) is 17.9 Å². The van der Waals surface area contributed by atoms with Crippen LogP contribution in [-0.2, 0) is 14.3 Å². The quantitative estimate of drug-likeness (QED) is 0.569. The SMILES string of the molecule is N#CC1(NCOC(=O)C2CCC(C(=O)O)CC2)CC1. The number of carbonyl (C=O) groups excluding carboxylic acids is 1. The predicted octanol–water partition coefficient (Wildman–Crippen LogP) is 1.02. The van der Waals surface area contributed by atoms with Gasteiger partial charge in [0.2, 0.25) is 0 Å². The molecule has 0 spiro atoms. The zero-order chi connectivity index (χ0) is 13.9. The van der Waals surface area contributed by atoms with E-state index in [2.05, 4.69) is 11.4 Å². The summed E-state index contributed by atoms with van der Waals surface area (Å²) in [5.41, 5.74) is -0.485. The Balaban J connectivity index is 1.67. The molecule has 2 rings (SSSR count). The summed E-state index contributed by atoms with van der Waals surface area (Å²) >= 11 is 0. The van der Waals surface area contributed by atoms with Gasteiger partial charge in [-0.05, 0) is 38.5 Å². The number of carbonyl (C=O) groups is 2. The molecule has 2 aliphatic carbocycles. The molecule has 6 heteroatoms. The van der Waals surface area contributed by atoms with E-state index >= 15 is 0 Å². The molecule has 0 aromatic rings. The second kappa shape index (κ2) is 5.57. The maximum absolute atomic E-state index is 11.8. The van der Waals surface area contributed by atoms with Gasteiger partial charge in [-0.3, -0.25) is 14.9 Å². The molecule has 0 aliphatic heterocycles. The lowest BCUT2D eigenvalue weighted by Gasteiger charge is -2.24. The molecule has 19 heavy (non-hydrogen) atoms. The lowest BCUT2D eigenvalue weighted by atomic mass is 9.82. The van der Waals surface area contributed by atoms with Crippen molar-refractivity contribution in [3.8, 4) is 6.07 Å². The van der Waals surface area contributed by atoms with Crippen LogP contribution < -0.4 is 5.32 Å². The Morgan fingerprint density at radius 2 is 1.84 bits per heavy atom. The Labute approximate surface area is 111 Å². The Hall–Kier alpha value is -1.61. The van der Waals surface area contributed by atoms with Gasteiger partial charge in [0.1, 0.15) is 12.3 Å². The molecule has 6 nitrogen and oxygen atoms in total. The first-order valence-electron chi connectivity index (χ1n) is 6.62. The number of nitriles is 1. The molecule has 2 N–H and O–H groups in total. The van der Waals surface area contributed by atoms with Crippen LogP contribution in [-0.4, -0.2) is 29.3 Å². The van der Waals surface area contributed by atoms with Crippen LogP contribution in [0.15, 0.2) is 0 Å². The number of esters is 1. The number of carboxylic acids is 1. The van der Waals surface area contributed by atoms with E-state index in [0.717, 1.165) is 12.8 Å². The van der Waals surface area contributed by atoms with Gasteiger partial charge >= 0.3 is 11.9 Å². The molecule has 104 valence electrons. The lowest BCUT2D eigenvalue weighted by molar-refractivity contribution is -0.153. The van der Waals surface area contributed by atoms with Crippen LogP contribution in [0.2, 0.25) is 0 Å². The van der Waals surface area contributed by atoms with E-state index in [-0.39, 0.29) is 24.5 Å². The number of aliphatic carboxylic acids is 1. The Morgan fingerprint density at radius 1 is 1.26 bits per heavy atom. The van der Waals surface area contributed by atoms with Crippen molar-refractivity contribution in [3.05, 3.63) is 0 Å². The summed E-state index contributed by atoms with van der Waals surface area (Å²) in [5, 5.41) is 20.6. The van der Waals surface area contributed by atoms with E-state index in [1.54, 1.807) is 0 Å². The first-order valence-corrected chi connectivity index (χ1v) is 6.62. The van der Waals surface area contributed by atoms with Crippen molar-refractivity contribution in [2.75, 3.05) is 6.73 Å². The maximum Gasteiger partial charge on any atom is 0.310 e. The molecule has 0 unspecified atom stereocenters. The Morgan fingerprint density at radius 3 is 2.32 bits per heavy atom. The van der Waals surface area contributed by atoms with Gasteiger partial charge in [0, 0.05) is 0 Å². The number of ether oxygens (including phenoxy) is 1. The predicted molar refractivity (Wildman–Crippen MR) is 64.8 cm³/mol. The summed E-state index contributed by atoms with van der Waals surface area (Å²) < 4.78 is 5.11. The molecule has 0 saturated heterocycles. The van der Waals surface area contributed by atoms with E-state index in [9.17, 15) is 9.59 Å². The van der Waals surface area contributed by atoms with Crippen molar-refractivity contribution in [2.24, 2.45) is 11.8 Å². The summed E-state index contributed by atoms with van der Waals surface area (Å²) in [6.07, 6.45) is 3.79. The average molecular weight is 266 g/mol. The minimum absolute atomic E-state index is 0.0608. The van der Waals surface area contributed by atoms with Gasteiger partial charge in [-0.2, -0.15) is 5.26 Å². The highest BCUT2D eigenvalue weighted by Gasteiger charge is 2.43. The molecule has 0 bridgehead atoms. The van der Waals surface area contributed by atoms with Crippen molar-refractivity contribution >= 4 is 11.9 Å². The van der Waals surface area contributed by atoms with Gasteiger partial charge in [-0.25, -0.2) is 0 Å². The monoisotopic (exact) mass is 266 g/mol. The molecule has 2 saturated carbocycles. The fourth-order valence-corrected chi connectivity index (χ4v) is 2.39. The van der Waals surface area contributed by atoms with Crippen molar-refractivity contribution in [1.82, 2.24) is 5.32 Å². The van der Waals surface area contributed by atoms with Crippen LogP contribution in [0.3, 0.4) is 0 Å². The van der Waals surface area contributed by atoms with E-state index < -0.39 is 11.5 Å². The van der Waals surface area contributed by atoms with Crippen LogP contribution in [0.4, 0.5) is 0 Å². The Kier molecular flexibility index (Phi) is 4.05. The van der Waals surface area contributed by atoms with Gasteiger partial charge in [-0.1, -0.05) is 0 Å². The number of nitrogens with one attached hydrogen (secondary N) is 1. The minimum Gasteiger partial charge on any atom is -0.481 e. The van der Waals surface area contributed by atoms with Crippen molar-refractivity contribution < 1.29 is 19.4 Å².